The summed E-state index contributed by atoms with van der Waals surface area (Å²) in [5.74, 6) is 0.999. The summed E-state index contributed by atoms with van der Waals surface area (Å²) < 4.78 is 0. The predicted molar refractivity (Wildman–Crippen MR) is 55.0 cm³/mol. The second-order valence-electron chi connectivity index (χ2n) is 3.53. The van der Waals surface area contributed by atoms with E-state index in [0.717, 1.165) is 19.4 Å². The van der Waals surface area contributed by atoms with Gasteiger partial charge in [-0.05, 0) is 12.8 Å². The Morgan fingerprint density at radius 3 is 2.54 bits per heavy atom. The highest BCUT2D eigenvalue weighted by Crippen LogP contribution is 2.03. The molecular weight excluding hydrogens is 164 g/mol. The third kappa shape index (κ3) is 7.37. The van der Waals surface area contributed by atoms with E-state index in [0.29, 0.717) is 18.0 Å². The summed E-state index contributed by atoms with van der Waals surface area (Å²) in [5, 5.41) is 2.92. The molecule has 3 nitrogen and oxygen atoms in total. The summed E-state index contributed by atoms with van der Waals surface area (Å²) in [4.78, 5) is 11.2. The number of hydrogen-bond donors (Lipinski definition) is 2. The first-order valence-electron chi connectivity index (χ1n) is 4.75. The first kappa shape index (κ1) is 12.0. The van der Waals surface area contributed by atoms with Gasteiger partial charge in [-0.3, -0.25) is 4.79 Å². The standard InChI is InChI=1S/C10H20N2O/c1-8(2)10(13)6-4-5-7-12-9(3)11/h8,12H,3-7,11H2,1-2H3. The van der Waals surface area contributed by atoms with Gasteiger partial charge in [0, 0.05) is 18.9 Å². The first-order chi connectivity index (χ1) is 6.04. The highest BCUT2D eigenvalue weighted by molar-refractivity contribution is 5.80. The van der Waals surface area contributed by atoms with E-state index >= 15 is 0 Å². The number of nitrogens with one attached hydrogen (secondary N) is 1. The molecule has 0 atom stereocenters. The van der Waals surface area contributed by atoms with Gasteiger partial charge < -0.3 is 11.1 Å². The zero-order chi connectivity index (χ0) is 10.3. The lowest BCUT2D eigenvalue weighted by atomic mass is 10.0. The van der Waals surface area contributed by atoms with E-state index < -0.39 is 0 Å². The van der Waals surface area contributed by atoms with Crippen LogP contribution in [-0.4, -0.2) is 12.3 Å². The molecule has 0 aliphatic rings. The van der Waals surface area contributed by atoms with Gasteiger partial charge in [0.2, 0.25) is 0 Å². The van der Waals surface area contributed by atoms with Crippen molar-refractivity contribution in [3.05, 3.63) is 12.4 Å². The van der Waals surface area contributed by atoms with Gasteiger partial charge in [-0.2, -0.15) is 0 Å². The van der Waals surface area contributed by atoms with Gasteiger partial charge in [0.15, 0.2) is 0 Å². The molecule has 0 aliphatic heterocycles. The maximum atomic E-state index is 11.2. The van der Waals surface area contributed by atoms with E-state index in [4.69, 9.17) is 5.73 Å². The number of nitrogens with two attached hydrogens (primary N) is 1. The SMILES string of the molecule is C=C(N)NCCCCC(=O)C(C)C. The Kier molecular flexibility index (Phi) is 6.02. The summed E-state index contributed by atoms with van der Waals surface area (Å²) in [6.45, 7) is 8.19. The smallest absolute Gasteiger partial charge is 0.135 e. The average molecular weight is 184 g/mol. The molecule has 13 heavy (non-hydrogen) atoms. The number of hydrogen-bond acceptors (Lipinski definition) is 3. The monoisotopic (exact) mass is 184 g/mol. The zero-order valence-corrected chi connectivity index (χ0v) is 8.60. The van der Waals surface area contributed by atoms with Crippen LogP contribution in [0.5, 0.6) is 0 Å². The van der Waals surface area contributed by atoms with E-state index in [2.05, 4.69) is 11.9 Å². The van der Waals surface area contributed by atoms with Gasteiger partial charge in [0.25, 0.3) is 0 Å². The molecule has 0 bridgehead atoms. The number of Topliss-reactive ketones (excluding diaryl/α,β-unsaturated/α-hetero) is 1. The molecule has 0 fully saturated rings. The lowest BCUT2D eigenvalue weighted by Gasteiger charge is -2.05. The van der Waals surface area contributed by atoms with E-state index in [1.807, 2.05) is 13.8 Å². The number of unbranched alkanes of at least 4 members (excludes halogenated alkanes) is 1. The van der Waals surface area contributed by atoms with Crippen molar-refractivity contribution < 1.29 is 4.79 Å². The van der Waals surface area contributed by atoms with Crippen molar-refractivity contribution in [1.29, 1.82) is 0 Å². The third-order valence-electron chi connectivity index (χ3n) is 1.85. The van der Waals surface area contributed by atoms with Gasteiger partial charge in [-0.1, -0.05) is 20.4 Å². The molecule has 0 heterocycles. The maximum absolute atomic E-state index is 11.2. The molecule has 0 aliphatic carbocycles. The van der Waals surface area contributed by atoms with Gasteiger partial charge in [-0.25, -0.2) is 0 Å². The third-order valence-corrected chi connectivity index (χ3v) is 1.85. The molecule has 0 unspecified atom stereocenters. The summed E-state index contributed by atoms with van der Waals surface area (Å²) in [5.41, 5.74) is 5.31. The summed E-state index contributed by atoms with van der Waals surface area (Å²) in [7, 11) is 0. The number of ketones is 1. The quantitative estimate of drug-likeness (QED) is 0.588. The van der Waals surface area contributed by atoms with Crippen LogP contribution < -0.4 is 11.1 Å². The molecule has 0 saturated heterocycles. The Balaban J connectivity index is 3.26. The molecular formula is C10H20N2O. The fourth-order valence-corrected chi connectivity index (χ4v) is 0.962. The minimum absolute atomic E-state index is 0.164. The first-order valence-corrected chi connectivity index (χ1v) is 4.75. The fraction of sp³-hybridized carbons (Fsp3) is 0.700. The highest BCUT2D eigenvalue weighted by Gasteiger charge is 2.05. The van der Waals surface area contributed by atoms with Gasteiger partial charge >= 0.3 is 0 Å². The number of carbonyl (C=O) groups excluding carboxylic acids is 1. The van der Waals surface area contributed by atoms with Crippen molar-refractivity contribution in [2.24, 2.45) is 11.7 Å². The van der Waals surface area contributed by atoms with Crippen molar-refractivity contribution in [3.8, 4) is 0 Å². The molecule has 0 spiro atoms. The van der Waals surface area contributed by atoms with Crippen LogP contribution in [0.2, 0.25) is 0 Å². The van der Waals surface area contributed by atoms with Crippen molar-refractivity contribution in [1.82, 2.24) is 5.32 Å². The Hall–Kier alpha value is -0.990. The van der Waals surface area contributed by atoms with Crippen LogP contribution in [0.4, 0.5) is 0 Å². The average Bonchev–Trinajstić information content (AvgIpc) is 2.02. The number of rotatable bonds is 7. The van der Waals surface area contributed by atoms with Crippen LogP contribution in [0.25, 0.3) is 0 Å². The van der Waals surface area contributed by atoms with E-state index in [1.54, 1.807) is 0 Å². The summed E-state index contributed by atoms with van der Waals surface area (Å²) >= 11 is 0. The topological polar surface area (TPSA) is 55.1 Å². The molecule has 76 valence electrons. The second-order valence-corrected chi connectivity index (χ2v) is 3.53. The molecule has 3 heteroatoms. The van der Waals surface area contributed by atoms with Crippen LogP contribution >= 0.6 is 0 Å². The second kappa shape index (κ2) is 6.52. The molecule has 0 aromatic carbocycles. The summed E-state index contributed by atoms with van der Waals surface area (Å²) in [6.07, 6.45) is 2.57. The van der Waals surface area contributed by atoms with Crippen LogP contribution in [0.1, 0.15) is 33.1 Å². The Morgan fingerprint density at radius 2 is 2.08 bits per heavy atom. The van der Waals surface area contributed by atoms with Gasteiger partial charge in [0.1, 0.15) is 5.78 Å². The van der Waals surface area contributed by atoms with Crippen molar-refractivity contribution in [3.63, 3.8) is 0 Å². The van der Waals surface area contributed by atoms with Gasteiger partial charge in [0.05, 0.1) is 5.82 Å². The minimum atomic E-state index is 0.164. The van der Waals surface area contributed by atoms with Crippen LogP contribution in [0, 0.1) is 5.92 Å². The Bertz CT molecular complexity index is 176. The van der Waals surface area contributed by atoms with E-state index in [-0.39, 0.29) is 5.92 Å². The Morgan fingerprint density at radius 1 is 1.46 bits per heavy atom. The van der Waals surface area contributed by atoms with Gasteiger partial charge in [-0.15, -0.1) is 0 Å². The lowest BCUT2D eigenvalue weighted by molar-refractivity contribution is -0.122. The molecule has 0 radical (unpaired) electrons. The lowest BCUT2D eigenvalue weighted by Crippen LogP contribution is -2.20. The van der Waals surface area contributed by atoms with E-state index in [9.17, 15) is 4.79 Å². The molecule has 0 amide bonds. The molecule has 3 N–H and O–H groups in total. The molecule has 0 rings (SSSR count). The molecule has 0 aromatic heterocycles. The van der Waals surface area contributed by atoms with Crippen molar-refractivity contribution >= 4 is 5.78 Å². The Labute approximate surface area is 80.4 Å². The maximum Gasteiger partial charge on any atom is 0.135 e. The summed E-state index contributed by atoms with van der Waals surface area (Å²) in [6, 6.07) is 0. The number of carbonyl (C=O) groups is 1. The molecule has 0 aromatic rings. The fourth-order valence-electron chi connectivity index (χ4n) is 0.962. The van der Waals surface area contributed by atoms with Crippen LogP contribution in [0.15, 0.2) is 12.4 Å². The van der Waals surface area contributed by atoms with Crippen LogP contribution in [-0.2, 0) is 4.79 Å². The predicted octanol–water partition coefficient (Wildman–Crippen LogP) is 1.40. The van der Waals surface area contributed by atoms with Crippen LogP contribution in [0.3, 0.4) is 0 Å². The zero-order valence-electron chi connectivity index (χ0n) is 8.60. The normalized spacial score (nSPS) is 10.1. The highest BCUT2D eigenvalue weighted by atomic mass is 16.1. The molecule has 0 saturated carbocycles. The van der Waals surface area contributed by atoms with Crippen molar-refractivity contribution in [2.45, 2.75) is 33.1 Å². The largest absolute Gasteiger partial charge is 0.386 e. The van der Waals surface area contributed by atoms with Crippen molar-refractivity contribution in [2.75, 3.05) is 6.54 Å². The minimum Gasteiger partial charge on any atom is -0.386 e. The van der Waals surface area contributed by atoms with E-state index in [1.165, 1.54) is 0 Å².